The fourth-order valence-corrected chi connectivity index (χ4v) is 2.65. The molecule has 1 aromatic rings. The molecule has 1 aliphatic heterocycles. The van der Waals surface area contributed by atoms with Crippen molar-refractivity contribution in [3.8, 4) is 0 Å². The van der Waals surface area contributed by atoms with Gasteiger partial charge in [-0.1, -0.05) is 36.6 Å². The highest BCUT2D eigenvalue weighted by Gasteiger charge is 2.10. The summed E-state index contributed by atoms with van der Waals surface area (Å²) in [7, 11) is 0. The smallest absolute Gasteiger partial charge is 0.191 e. The molecule has 1 aliphatic rings. The lowest BCUT2D eigenvalue weighted by Crippen LogP contribution is -2.38. The van der Waals surface area contributed by atoms with E-state index < -0.39 is 0 Å². The number of halogens is 1. The second-order valence-corrected chi connectivity index (χ2v) is 5.81. The first-order valence-corrected chi connectivity index (χ1v) is 7.93. The zero-order valence-electron chi connectivity index (χ0n) is 12.0. The first kappa shape index (κ1) is 15.2. The van der Waals surface area contributed by atoms with Gasteiger partial charge < -0.3 is 10.6 Å². The Bertz CT molecular complexity index is 420. The lowest BCUT2D eigenvalue weighted by Gasteiger charge is -2.21. The van der Waals surface area contributed by atoms with E-state index in [9.17, 15) is 0 Å². The maximum Gasteiger partial charge on any atom is 0.191 e. The molecule has 3 nitrogen and oxygen atoms in total. The van der Waals surface area contributed by atoms with Crippen LogP contribution >= 0.6 is 11.6 Å². The molecule has 2 N–H and O–H groups in total. The summed E-state index contributed by atoms with van der Waals surface area (Å²) in [5.41, 5.74) is 7.38. The molecule has 0 bridgehead atoms. The molecule has 1 heterocycles. The Morgan fingerprint density at radius 1 is 1.10 bits per heavy atom. The molecule has 1 aromatic carbocycles. The van der Waals surface area contributed by atoms with Gasteiger partial charge in [0.15, 0.2) is 5.96 Å². The van der Waals surface area contributed by atoms with Gasteiger partial charge in [-0.3, -0.25) is 4.99 Å². The number of hydrogen-bond donors (Lipinski definition) is 1. The van der Waals surface area contributed by atoms with Crippen LogP contribution in [0.15, 0.2) is 29.3 Å². The Kier molecular flexibility index (Phi) is 6.19. The van der Waals surface area contributed by atoms with Crippen molar-refractivity contribution < 1.29 is 0 Å². The Hall–Kier alpha value is -1.22. The van der Waals surface area contributed by atoms with E-state index >= 15 is 0 Å². The van der Waals surface area contributed by atoms with Gasteiger partial charge in [0.25, 0.3) is 0 Å². The predicted molar refractivity (Wildman–Crippen MR) is 86.3 cm³/mol. The molecule has 2 rings (SSSR count). The summed E-state index contributed by atoms with van der Waals surface area (Å²) in [5, 5.41) is 0.789. The van der Waals surface area contributed by atoms with Crippen molar-refractivity contribution in [2.24, 2.45) is 10.7 Å². The van der Waals surface area contributed by atoms with Gasteiger partial charge in [0.2, 0.25) is 0 Å². The zero-order chi connectivity index (χ0) is 14.2. The van der Waals surface area contributed by atoms with E-state index in [1.165, 1.54) is 31.2 Å². The summed E-state index contributed by atoms with van der Waals surface area (Å²) >= 11 is 5.87. The fourth-order valence-electron chi connectivity index (χ4n) is 2.53. The molecule has 0 aromatic heterocycles. The number of rotatable bonds is 4. The van der Waals surface area contributed by atoms with Crippen LogP contribution in [0.2, 0.25) is 5.02 Å². The van der Waals surface area contributed by atoms with Crippen LogP contribution in [0.25, 0.3) is 0 Å². The van der Waals surface area contributed by atoms with Crippen molar-refractivity contribution in [3.63, 3.8) is 0 Å². The molecule has 0 unspecified atom stereocenters. The number of nitrogens with zero attached hydrogens (tertiary/aromatic N) is 2. The van der Waals surface area contributed by atoms with Gasteiger partial charge in [-0.15, -0.1) is 0 Å². The van der Waals surface area contributed by atoms with Crippen molar-refractivity contribution in [1.82, 2.24) is 4.90 Å². The standard InChI is InChI=1S/C16H24ClN3/c17-15-9-7-14(8-10-15)6-5-11-19-16(18)20-12-3-1-2-4-13-20/h7-10H,1-6,11-13H2,(H2,18,19). The first-order valence-electron chi connectivity index (χ1n) is 7.55. The normalized spacial score (nSPS) is 17.1. The number of aryl methyl sites for hydroxylation is 1. The van der Waals surface area contributed by atoms with E-state index in [2.05, 4.69) is 22.0 Å². The van der Waals surface area contributed by atoms with Gasteiger partial charge in [-0.2, -0.15) is 0 Å². The van der Waals surface area contributed by atoms with E-state index in [1.807, 2.05) is 12.1 Å². The lowest BCUT2D eigenvalue weighted by molar-refractivity contribution is 0.428. The largest absolute Gasteiger partial charge is 0.370 e. The number of nitrogens with two attached hydrogens (primary N) is 1. The molecule has 0 saturated carbocycles. The van der Waals surface area contributed by atoms with Gasteiger partial charge >= 0.3 is 0 Å². The Balaban J connectivity index is 1.73. The molecule has 0 spiro atoms. The van der Waals surface area contributed by atoms with Crippen LogP contribution in [0, 0.1) is 0 Å². The van der Waals surface area contributed by atoms with Crippen LogP contribution in [0.5, 0.6) is 0 Å². The average Bonchev–Trinajstić information content (AvgIpc) is 2.74. The second-order valence-electron chi connectivity index (χ2n) is 5.37. The van der Waals surface area contributed by atoms with E-state index in [1.54, 1.807) is 0 Å². The lowest BCUT2D eigenvalue weighted by atomic mass is 10.1. The topological polar surface area (TPSA) is 41.6 Å². The van der Waals surface area contributed by atoms with E-state index in [0.717, 1.165) is 43.5 Å². The van der Waals surface area contributed by atoms with Gasteiger partial charge in [-0.25, -0.2) is 0 Å². The fraction of sp³-hybridized carbons (Fsp3) is 0.562. The van der Waals surface area contributed by atoms with E-state index in [0.29, 0.717) is 0 Å². The molecule has 0 aliphatic carbocycles. The SMILES string of the molecule is NC(=NCCCc1ccc(Cl)cc1)N1CCCCCC1. The molecule has 20 heavy (non-hydrogen) atoms. The van der Waals surface area contributed by atoms with Gasteiger partial charge in [0.05, 0.1) is 0 Å². The monoisotopic (exact) mass is 293 g/mol. The van der Waals surface area contributed by atoms with Crippen LogP contribution < -0.4 is 5.73 Å². The van der Waals surface area contributed by atoms with Gasteiger partial charge in [0.1, 0.15) is 0 Å². The third kappa shape index (κ3) is 5.04. The van der Waals surface area contributed by atoms with Crippen molar-refractivity contribution in [3.05, 3.63) is 34.9 Å². The minimum Gasteiger partial charge on any atom is -0.370 e. The summed E-state index contributed by atoms with van der Waals surface area (Å²) < 4.78 is 0. The molecular weight excluding hydrogens is 270 g/mol. The minimum atomic E-state index is 0.725. The Morgan fingerprint density at radius 2 is 1.75 bits per heavy atom. The van der Waals surface area contributed by atoms with Crippen LogP contribution in [0.4, 0.5) is 0 Å². The third-order valence-corrected chi connectivity index (χ3v) is 3.99. The summed E-state index contributed by atoms with van der Waals surface area (Å²) in [6.45, 7) is 2.92. The van der Waals surface area contributed by atoms with Crippen molar-refractivity contribution in [2.45, 2.75) is 38.5 Å². The Labute approximate surface area is 126 Å². The summed E-state index contributed by atoms with van der Waals surface area (Å²) in [4.78, 5) is 6.75. The van der Waals surface area contributed by atoms with E-state index in [4.69, 9.17) is 17.3 Å². The number of aliphatic imine (C=N–C) groups is 1. The first-order chi connectivity index (χ1) is 9.75. The maximum atomic E-state index is 6.08. The zero-order valence-corrected chi connectivity index (χ0v) is 12.8. The van der Waals surface area contributed by atoms with Crippen molar-refractivity contribution >= 4 is 17.6 Å². The number of likely N-dealkylation sites (tertiary alicyclic amines) is 1. The molecule has 0 radical (unpaired) electrons. The molecule has 0 amide bonds. The average molecular weight is 294 g/mol. The highest BCUT2D eigenvalue weighted by molar-refractivity contribution is 6.30. The van der Waals surface area contributed by atoms with Gasteiger partial charge in [0, 0.05) is 24.7 Å². The quantitative estimate of drug-likeness (QED) is 0.525. The van der Waals surface area contributed by atoms with Crippen LogP contribution in [-0.4, -0.2) is 30.5 Å². The molecule has 110 valence electrons. The van der Waals surface area contributed by atoms with Crippen molar-refractivity contribution in [2.75, 3.05) is 19.6 Å². The summed E-state index contributed by atoms with van der Waals surface area (Å²) in [6.07, 6.45) is 7.16. The molecule has 1 saturated heterocycles. The van der Waals surface area contributed by atoms with Crippen LogP contribution in [0.3, 0.4) is 0 Å². The maximum absolute atomic E-state index is 6.08. The number of hydrogen-bond acceptors (Lipinski definition) is 1. The third-order valence-electron chi connectivity index (χ3n) is 3.74. The number of benzene rings is 1. The highest BCUT2D eigenvalue weighted by Crippen LogP contribution is 2.11. The van der Waals surface area contributed by atoms with Crippen LogP contribution in [0.1, 0.15) is 37.7 Å². The molecule has 1 fully saturated rings. The van der Waals surface area contributed by atoms with Gasteiger partial charge in [-0.05, 0) is 43.4 Å². The van der Waals surface area contributed by atoms with Crippen LogP contribution in [-0.2, 0) is 6.42 Å². The van der Waals surface area contributed by atoms with Crippen molar-refractivity contribution in [1.29, 1.82) is 0 Å². The predicted octanol–water partition coefficient (Wildman–Crippen LogP) is 3.46. The number of guanidine groups is 1. The minimum absolute atomic E-state index is 0.725. The highest BCUT2D eigenvalue weighted by atomic mass is 35.5. The molecule has 0 atom stereocenters. The van der Waals surface area contributed by atoms with E-state index in [-0.39, 0.29) is 0 Å². The molecule has 4 heteroatoms. The summed E-state index contributed by atoms with van der Waals surface area (Å²) in [6, 6.07) is 8.02. The molecular formula is C16H24ClN3. The second kappa shape index (κ2) is 8.15. The summed E-state index contributed by atoms with van der Waals surface area (Å²) in [5.74, 6) is 0.725. The Morgan fingerprint density at radius 3 is 2.40 bits per heavy atom.